The largest absolute Gasteiger partial charge is 0.344 e. The standard InChI is InChI=1S/C12H14ClN3O2/c1-15-5-2-6-16(8-11(15)17)12(18)10-7-9(13)3-4-14-10/h3-4,7H,2,5-6,8H2,1H3. The smallest absolute Gasteiger partial charge is 0.272 e. The molecule has 18 heavy (non-hydrogen) atoms. The lowest BCUT2D eigenvalue weighted by molar-refractivity contribution is -0.129. The summed E-state index contributed by atoms with van der Waals surface area (Å²) in [7, 11) is 1.74. The first kappa shape index (κ1) is 12.8. The molecule has 2 rings (SSSR count). The Bertz CT molecular complexity index is 478. The highest BCUT2D eigenvalue weighted by atomic mass is 35.5. The lowest BCUT2D eigenvalue weighted by Crippen LogP contribution is -2.38. The van der Waals surface area contributed by atoms with E-state index in [1.807, 2.05) is 0 Å². The van der Waals surface area contributed by atoms with Crippen LogP contribution in [0.25, 0.3) is 0 Å². The molecule has 0 spiro atoms. The summed E-state index contributed by atoms with van der Waals surface area (Å²) in [4.78, 5) is 31.0. The van der Waals surface area contributed by atoms with Gasteiger partial charge in [0.2, 0.25) is 5.91 Å². The first-order valence-corrected chi connectivity index (χ1v) is 6.10. The molecule has 1 fully saturated rings. The maximum Gasteiger partial charge on any atom is 0.272 e. The van der Waals surface area contributed by atoms with E-state index < -0.39 is 0 Å². The van der Waals surface area contributed by atoms with Crippen molar-refractivity contribution in [3.63, 3.8) is 0 Å². The van der Waals surface area contributed by atoms with E-state index >= 15 is 0 Å². The topological polar surface area (TPSA) is 53.5 Å². The minimum absolute atomic E-state index is 0.0529. The first-order valence-electron chi connectivity index (χ1n) is 5.73. The summed E-state index contributed by atoms with van der Waals surface area (Å²) >= 11 is 5.83. The highest BCUT2D eigenvalue weighted by Crippen LogP contribution is 2.12. The van der Waals surface area contributed by atoms with Gasteiger partial charge in [0.15, 0.2) is 0 Å². The van der Waals surface area contributed by atoms with E-state index in [4.69, 9.17) is 11.6 Å². The summed E-state index contributed by atoms with van der Waals surface area (Å²) in [5.74, 6) is -0.302. The van der Waals surface area contributed by atoms with Crippen molar-refractivity contribution in [3.05, 3.63) is 29.0 Å². The molecular weight excluding hydrogens is 254 g/mol. The molecule has 0 saturated carbocycles. The van der Waals surface area contributed by atoms with Gasteiger partial charge in [-0.1, -0.05) is 11.6 Å². The monoisotopic (exact) mass is 267 g/mol. The molecular formula is C12H14ClN3O2. The maximum atomic E-state index is 12.2. The zero-order chi connectivity index (χ0) is 13.1. The number of carbonyl (C=O) groups is 2. The highest BCUT2D eigenvalue weighted by Gasteiger charge is 2.24. The van der Waals surface area contributed by atoms with Crippen LogP contribution in [0.1, 0.15) is 16.9 Å². The Balaban J connectivity index is 2.16. The van der Waals surface area contributed by atoms with Crippen molar-refractivity contribution in [2.24, 2.45) is 0 Å². The number of likely N-dealkylation sites (N-methyl/N-ethyl adjacent to an activating group) is 1. The molecule has 1 aliphatic heterocycles. The number of pyridine rings is 1. The van der Waals surface area contributed by atoms with Gasteiger partial charge in [-0.05, 0) is 18.6 Å². The van der Waals surface area contributed by atoms with Crippen LogP contribution in [0.3, 0.4) is 0 Å². The Labute approximate surface area is 110 Å². The summed E-state index contributed by atoms with van der Waals surface area (Å²) in [6, 6.07) is 3.13. The molecule has 0 aromatic carbocycles. The fraction of sp³-hybridized carbons (Fsp3) is 0.417. The van der Waals surface area contributed by atoms with Crippen LogP contribution in [0, 0.1) is 0 Å². The molecule has 1 saturated heterocycles. The zero-order valence-electron chi connectivity index (χ0n) is 10.1. The first-order chi connectivity index (χ1) is 8.58. The molecule has 1 aromatic heterocycles. The predicted molar refractivity (Wildman–Crippen MR) is 67.4 cm³/mol. The second-order valence-corrected chi connectivity index (χ2v) is 4.69. The highest BCUT2D eigenvalue weighted by molar-refractivity contribution is 6.30. The normalized spacial score (nSPS) is 16.7. The second-order valence-electron chi connectivity index (χ2n) is 4.25. The molecule has 1 aromatic rings. The Kier molecular flexibility index (Phi) is 3.81. The van der Waals surface area contributed by atoms with E-state index in [-0.39, 0.29) is 24.1 Å². The fourth-order valence-electron chi connectivity index (χ4n) is 1.84. The molecule has 0 atom stereocenters. The van der Waals surface area contributed by atoms with Gasteiger partial charge in [-0.25, -0.2) is 0 Å². The van der Waals surface area contributed by atoms with Crippen molar-refractivity contribution in [2.75, 3.05) is 26.7 Å². The van der Waals surface area contributed by atoms with Crippen LogP contribution in [-0.2, 0) is 4.79 Å². The quantitative estimate of drug-likeness (QED) is 0.764. The van der Waals surface area contributed by atoms with E-state index in [9.17, 15) is 9.59 Å². The van der Waals surface area contributed by atoms with Crippen LogP contribution >= 0.6 is 11.6 Å². The van der Waals surface area contributed by atoms with Gasteiger partial charge < -0.3 is 9.80 Å². The lowest BCUT2D eigenvalue weighted by Gasteiger charge is -2.19. The second kappa shape index (κ2) is 5.35. The Hall–Kier alpha value is -1.62. The lowest BCUT2D eigenvalue weighted by atomic mass is 10.3. The van der Waals surface area contributed by atoms with Crippen molar-refractivity contribution >= 4 is 23.4 Å². The zero-order valence-corrected chi connectivity index (χ0v) is 10.9. The molecule has 0 aliphatic carbocycles. The van der Waals surface area contributed by atoms with Gasteiger partial charge in [0.25, 0.3) is 5.91 Å². The van der Waals surface area contributed by atoms with Crippen molar-refractivity contribution in [1.29, 1.82) is 0 Å². The van der Waals surface area contributed by atoms with E-state index in [0.717, 1.165) is 6.42 Å². The Morgan fingerprint density at radius 2 is 2.22 bits per heavy atom. The minimum atomic E-state index is -0.249. The SMILES string of the molecule is CN1CCCN(C(=O)c2cc(Cl)ccn2)CC1=O. The predicted octanol–water partition coefficient (Wildman–Crippen LogP) is 1.04. The fourth-order valence-corrected chi connectivity index (χ4v) is 2.00. The molecule has 6 heteroatoms. The Morgan fingerprint density at radius 3 is 2.94 bits per heavy atom. The summed E-state index contributed by atoms with van der Waals surface area (Å²) in [5, 5.41) is 0.464. The molecule has 1 aliphatic rings. The molecule has 0 bridgehead atoms. The summed E-state index contributed by atoms with van der Waals surface area (Å²) in [6.45, 7) is 1.33. The van der Waals surface area contributed by atoms with Gasteiger partial charge in [-0.3, -0.25) is 14.6 Å². The summed E-state index contributed by atoms with van der Waals surface area (Å²) < 4.78 is 0. The van der Waals surface area contributed by atoms with Crippen molar-refractivity contribution in [1.82, 2.24) is 14.8 Å². The van der Waals surface area contributed by atoms with Crippen LogP contribution < -0.4 is 0 Å². The van der Waals surface area contributed by atoms with Crippen LogP contribution in [0.2, 0.25) is 5.02 Å². The molecule has 0 radical (unpaired) electrons. The van der Waals surface area contributed by atoms with E-state index in [1.165, 1.54) is 17.2 Å². The molecule has 0 N–H and O–H groups in total. The van der Waals surface area contributed by atoms with Crippen LogP contribution in [0.5, 0.6) is 0 Å². The summed E-state index contributed by atoms with van der Waals surface area (Å²) in [6.07, 6.45) is 2.26. The molecule has 2 heterocycles. The average molecular weight is 268 g/mol. The van der Waals surface area contributed by atoms with Crippen molar-refractivity contribution < 1.29 is 9.59 Å². The van der Waals surface area contributed by atoms with Gasteiger partial charge in [0.05, 0.1) is 0 Å². The third-order valence-corrected chi connectivity index (χ3v) is 3.14. The van der Waals surface area contributed by atoms with Crippen molar-refractivity contribution in [3.8, 4) is 0 Å². The van der Waals surface area contributed by atoms with Crippen LogP contribution in [-0.4, -0.2) is 53.3 Å². The Morgan fingerprint density at radius 1 is 1.44 bits per heavy atom. The van der Waals surface area contributed by atoms with Gasteiger partial charge in [-0.15, -0.1) is 0 Å². The maximum absolute atomic E-state index is 12.2. The summed E-state index contributed by atoms with van der Waals surface area (Å²) in [5.41, 5.74) is 0.278. The number of hydrogen-bond donors (Lipinski definition) is 0. The number of amides is 2. The number of aromatic nitrogens is 1. The molecule has 96 valence electrons. The van der Waals surface area contributed by atoms with E-state index in [0.29, 0.717) is 18.1 Å². The van der Waals surface area contributed by atoms with Gasteiger partial charge in [0.1, 0.15) is 12.2 Å². The van der Waals surface area contributed by atoms with Crippen LogP contribution in [0.4, 0.5) is 0 Å². The van der Waals surface area contributed by atoms with Crippen molar-refractivity contribution in [2.45, 2.75) is 6.42 Å². The molecule has 5 nitrogen and oxygen atoms in total. The molecule has 0 unspecified atom stereocenters. The molecule has 2 amide bonds. The van der Waals surface area contributed by atoms with Crippen LogP contribution in [0.15, 0.2) is 18.3 Å². The number of carbonyl (C=O) groups excluding carboxylic acids is 2. The average Bonchev–Trinajstić information content (AvgIpc) is 2.51. The third kappa shape index (κ3) is 2.79. The number of nitrogens with zero attached hydrogens (tertiary/aromatic N) is 3. The van der Waals surface area contributed by atoms with Gasteiger partial charge >= 0.3 is 0 Å². The number of rotatable bonds is 1. The number of halogens is 1. The minimum Gasteiger partial charge on any atom is -0.344 e. The van der Waals surface area contributed by atoms with E-state index in [2.05, 4.69) is 4.98 Å². The third-order valence-electron chi connectivity index (χ3n) is 2.90. The van der Waals surface area contributed by atoms with Gasteiger partial charge in [0, 0.05) is 31.4 Å². The van der Waals surface area contributed by atoms with E-state index in [1.54, 1.807) is 18.0 Å². The van der Waals surface area contributed by atoms with Gasteiger partial charge in [-0.2, -0.15) is 0 Å². The number of hydrogen-bond acceptors (Lipinski definition) is 3.